The van der Waals surface area contributed by atoms with Crippen molar-refractivity contribution in [3.63, 3.8) is 0 Å². The average Bonchev–Trinajstić information content (AvgIpc) is 2.39. The fourth-order valence-corrected chi connectivity index (χ4v) is 1.57. The topological polar surface area (TPSA) is 21.3 Å². The highest BCUT2D eigenvalue weighted by Crippen LogP contribution is 2.11. The SMILES string of the molecule is Cc1ccc(OCCNc2ccc(F)cc2)cc1. The van der Waals surface area contributed by atoms with Crippen LogP contribution in [0.2, 0.25) is 0 Å². The second-order valence-corrected chi connectivity index (χ2v) is 4.10. The third kappa shape index (κ3) is 3.77. The van der Waals surface area contributed by atoms with Gasteiger partial charge in [0.2, 0.25) is 0 Å². The molecule has 0 fully saturated rings. The lowest BCUT2D eigenvalue weighted by molar-refractivity contribution is 0.333. The Morgan fingerprint density at radius 2 is 1.67 bits per heavy atom. The van der Waals surface area contributed by atoms with E-state index in [4.69, 9.17) is 4.74 Å². The fourth-order valence-electron chi connectivity index (χ4n) is 1.57. The smallest absolute Gasteiger partial charge is 0.123 e. The number of ether oxygens (including phenoxy) is 1. The van der Waals surface area contributed by atoms with Crippen molar-refractivity contribution in [2.24, 2.45) is 0 Å². The molecule has 18 heavy (non-hydrogen) atoms. The number of halogens is 1. The van der Waals surface area contributed by atoms with Crippen molar-refractivity contribution in [3.8, 4) is 5.75 Å². The largest absolute Gasteiger partial charge is 0.492 e. The molecule has 0 saturated heterocycles. The summed E-state index contributed by atoms with van der Waals surface area (Å²) in [5, 5.41) is 3.16. The van der Waals surface area contributed by atoms with Crippen LogP contribution < -0.4 is 10.1 Å². The summed E-state index contributed by atoms with van der Waals surface area (Å²) in [6.07, 6.45) is 0. The third-order valence-corrected chi connectivity index (χ3v) is 2.57. The lowest BCUT2D eigenvalue weighted by Crippen LogP contribution is -2.11. The van der Waals surface area contributed by atoms with Crippen LogP contribution >= 0.6 is 0 Å². The van der Waals surface area contributed by atoms with E-state index < -0.39 is 0 Å². The Labute approximate surface area is 106 Å². The molecular formula is C15H16FNO. The Hall–Kier alpha value is -2.03. The number of hydrogen-bond acceptors (Lipinski definition) is 2. The molecule has 0 heterocycles. The van der Waals surface area contributed by atoms with E-state index in [1.807, 2.05) is 31.2 Å². The number of anilines is 1. The zero-order valence-corrected chi connectivity index (χ0v) is 10.3. The number of nitrogens with one attached hydrogen (secondary N) is 1. The van der Waals surface area contributed by atoms with Gasteiger partial charge in [0.15, 0.2) is 0 Å². The number of benzene rings is 2. The van der Waals surface area contributed by atoms with Crippen molar-refractivity contribution in [2.75, 3.05) is 18.5 Å². The standard InChI is InChI=1S/C15H16FNO/c1-12-2-8-15(9-3-12)18-11-10-17-14-6-4-13(16)5-7-14/h2-9,17H,10-11H2,1H3. The van der Waals surface area contributed by atoms with Crippen molar-refractivity contribution in [1.82, 2.24) is 0 Å². The molecule has 0 saturated carbocycles. The summed E-state index contributed by atoms with van der Waals surface area (Å²) in [4.78, 5) is 0. The van der Waals surface area contributed by atoms with Gasteiger partial charge in [-0.2, -0.15) is 0 Å². The second kappa shape index (κ2) is 6.05. The summed E-state index contributed by atoms with van der Waals surface area (Å²) in [5.41, 5.74) is 2.11. The maximum Gasteiger partial charge on any atom is 0.123 e. The maximum absolute atomic E-state index is 12.7. The number of hydrogen-bond donors (Lipinski definition) is 1. The molecule has 0 spiro atoms. The van der Waals surface area contributed by atoms with Crippen molar-refractivity contribution in [3.05, 3.63) is 59.9 Å². The van der Waals surface area contributed by atoms with Gasteiger partial charge in [0.25, 0.3) is 0 Å². The van der Waals surface area contributed by atoms with E-state index >= 15 is 0 Å². The normalized spacial score (nSPS) is 10.1. The maximum atomic E-state index is 12.7. The van der Waals surface area contributed by atoms with E-state index in [9.17, 15) is 4.39 Å². The van der Waals surface area contributed by atoms with Gasteiger partial charge >= 0.3 is 0 Å². The Kier molecular flexibility index (Phi) is 4.18. The van der Waals surface area contributed by atoms with Crippen LogP contribution in [0.3, 0.4) is 0 Å². The van der Waals surface area contributed by atoms with Gasteiger partial charge in [-0.05, 0) is 43.3 Å². The predicted octanol–water partition coefficient (Wildman–Crippen LogP) is 3.63. The molecule has 0 unspecified atom stereocenters. The molecule has 0 bridgehead atoms. The molecule has 2 nitrogen and oxygen atoms in total. The van der Waals surface area contributed by atoms with Crippen LogP contribution in [0.5, 0.6) is 5.75 Å². The van der Waals surface area contributed by atoms with Crippen molar-refractivity contribution in [2.45, 2.75) is 6.92 Å². The summed E-state index contributed by atoms with van der Waals surface area (Å²) >= 11 is 0. The molecule has 0 atom stereocenters. The molecule has 3 heteroatoms. The Balaban J connectivity index is 1.73. The number of aryl methyl sites for hydroxylation is 1. The van der Waals surface area contributed by atoms with E-state index in [1.165, 1.54) is 17.7 Å². The van der Waals surface area contributed by atoms with Gasteiger partial charge in [0.1, 0.15) is 18.2 Å². The van der Waals surface area contributed by atoms with E-state index in [-0.39, 0.29) is 5.82 Å². The van der Waals surface area contributed by atoms with Crippen LogP contribution in [-0.2, 0) is 0 Å². The summed E-state index contributed by atoms with van der Waals surface area (Å²) in [6, 6.07) is 14.2. The van der Waals surface area contributed by atoms with Gasteiger partial charge in [0, 0.05) is 12.2 Å². The summed E-state index contributed by atoms with van der Waals surface area (Å²) in [6.45, 7) is 3.29. The van der Waals surface area contributed by atoms with Crippen LogP contribution in [0.25, 0.3) is 0 Å². The third-order valence-electron chi connectivity index (χ3n) is 2.57. The first-order valence-corrected chi connectivity index (χ1v) is 5.93. The van der Waals surface area contributed by atoms with Gasteiger partial charge in [-0.3, -0.25) is 0 Å². The van der Waals surface area contributed by atoms with Crippen LogP contribution in [0, 0.1) is 12.7 Å². The van der Waals surface area contributed by atoms with Gasteiger partial charge in [-0.25, -0.2) is 4.39 Å². The van der Waals surface area contributed by atoms with E-state index in [0.29, 0.717) is 13.2 Å². The predicted molar refractivity (Wildman–Crippen MR) is 71.6 cm³/mol. The fraction of sp³-hybridized carbons (Fsp3) is 0.200. The molecular weight excluding hydrogens is 229 g/mol. The Bertz CT molecular complexity index is 431. The van der Waals surface area contributed by atoms with Gasteiger partial charge < -0.3 is 10.1 Å². The minimum absolute atomic E-state index is 0.226. The summed E-state index contributed by atoms with van der Waals surface area (Å²) < 4.78 is 18.2. The lowest BCUT2D eigenvalue weighted by atomic mass is 10.2. The highest BCUT2D eigenvalue weighted by atomic mass is 19.1. The molecule has 94 valence electrons. The molecule has 2 rings (SSSR count). The quantitative estimate of drug-likeness (QED) is 0.812. The summed E-state index contributed by atoms with van der Waals surface area (Å²) in [7, 11) is 0. The second-order valence-electron chi connectivity index (χ2n) is 4.10. The zero-order chi connectivity index (χ0) is 12.8. The van der Waals surface area contributed by atoms with Crippen LogP contribution in [0.15, 0.2) is 48.5 Å². The highest BCUT2D eigenvalue weighted by molar-refractivity contribution is 5.42. The molecule has 1 N–H and O–H groups in total. The Morgan fingerprint density at radius 1 is 1.00 bits per heavy atom. The number of rotatable bonds is 5. The first-order chi connectivity index (χ1) is 8.74. The van der Waals surface area contributed by atoms with E-state index in [0.717, 1.165) is 11.4 Å². The minimum Gasteiger partial charge on any atom is -0.492 e. The lowest BCUT2D eigenvalue weighted by Gasteiger charge is -2.08. The van der Waals surface area contributed by atoms with Crippen LogP contribution in [0.4, 0.5) is 10.1 Å². The molecule has 0 aliphatic carbocycles. The molecule has 0 radical (unpaired) electrons. The monoisotopic (exact) mass is 245 g/mol. The summed E-state index contributed by atoms with van der Waals surface area (Å²) in [5.74, 6) is 0.637. The molecule has 0 amide bonds. The van der Waals surface area contributed by atoms with E-state index in [2.05, 4.69) is 5.32 Å². The Morgan fingerprint density at radius 3 is 2.33 bits per heavy atom. The molecule has 0 aliphatic heterocycles. The molecule has 2 aromatic carbocycles. The van der Waals surface area contributed by atoms with Crippen molar-refractivity contribution in [1.29, 1.82) is 0 Å². The molecule has 2 aromatic rings. The first kappa shape index (κ1) is 12.4. The van der Waals surface area contributed by atoms with E-state index in [1.54, 1.807) is 12.1 Å². The minimum atomic E-state index is -0.226. The van der Waals surface area contributed by atoms with Gasteiger partial charge in [0.05, 0.1) is 0 Å². The van der Waals surface area contributed by atoms with Crippen LogP contribution in [-0.4, -0.2) is 13.2 Å². The van der Waals surface area contributed by atoms with Gasteiger partial charge in [-0.15, -0.1) is 0 Å². The molecule has 0 aliphatic rings. The van der Waals surface area contributed by atoms with Gasteiger partial charge in [-0.1, -0.05) is 17.7 Å². The van der Waals surface area contributed by atoms with Crippen molar-refractivity contribution >= 4 is 5.69 Å². The van der Waals surface area contributed by atoms with Crippen molar-refractivity contribution < 1.29 is 9.13 Å². The zero-order valence-electron chi connectivity index (χ0n) is 10.3. The highest BCUT2D eigenvalue weighted by Gasteiger charge is 1.95. The average molecular weight is 245 g/mol. The van der Waals surface area contributed by atoms with Crippen LogP contribution in [0.1, 0.15) is 5.56 Å². The molecule has 0 aromatic heterocycles. The first-order valence-electron chi connectivity index (χ1n) is 5.93.